The zero-order valence-electron chi connectivity index (χ0n) is 12.6. The van der Waals surface area contributed by atoms with Crippen LogP contribution < -0.4 is 0 Å². The van der Waals surface area contributed by atoms with Crippen molar-refractivity contribution in [3.05, 3.63) is 10.4 Å². The lowest BCUT2D eigenvalue weighted by Crippen LogP contribution is -2.33. The minimum absolute atomic E-state index is 0.0849. The number of thiophene rings is 1. The van der Waals surface area contributed by atoms with Gasteiger partial charge in [-0.2, -0.15) is 0 Å². The summed E-state index contributed by atoms with van der Waals surface area (Å²) in [6.45, 7) is 7.18. The van der Waals surface area contributed by atoms with Gasteiger partial charge in [-0.3, -0.25) is 4.98 Å². The predicted molar refractivity (Wildman–Crippen MR) is 91.3 cm³/mol. The van der Waals surface area contributed by atoms with Gasteiger partial charge in [0.2, 0.25) is 0 Å². The van der Waals surface area contributed by atoms with E-state index in [9.17, 15) is 0 Å². The van der Waals surface area contributed by atoms with Crippen LogP contribution in [0.3, 0.4) is 0 Å². The number of nitrogens with zero attached hydrogens (tertiary/aromatic N) is 2. The van der Waals surface area contributed by atoms with E-state index in [-0.39, 0.29) is 5.60 Å². The van der Waals surface area contributed by atoms with Crippen molar-refractivity contribution in [2.24, 2.45) is 0 Å². The van der Waals surface area contributed by atoms with E-state index in [1.807, 2.05) is 0 Å². The third-order valence-electron chi connectivity index (χ3n) is 3.97. The Labute approximate surface area is 139 Å². The molecule has 0 spiro atoms. The minimum Gasteiger partial charge on any atom is -0.759 e. The van der Waals surface area contributed by atoms with E-state index < -0.39 is 0 Å². The van der Waals surface area contributed by atoms with Gasteiger partial charge in [-0.05, 0) is 25.3 Å². The van der Waals surface area contributed by atoms with Gasteiger partial charge in [0.25, 0.3) is 0 Å². The summed E-state index contributed by atoms with van der Waals surface area (Å²) in [5.41, 5.74) is 1.24. The van der Waals surface area contributed by atoms with Gasteiger partial charge in [0, 0.05) is 22.4 Å². The highest BCUT2D eigenvalue weighted by Crippen LogP contribution is 2.40. The summed E-state index contributed by atoms with van der Waals surface area (Å²) in [6.07, 6.45) is 3.03. The lowest BCUT2D eigenvalue weighted by molar-refractivity contribution is -0.0543. The summed E-state index contributed by atoms with van der Waals surface area (Å²) in [6, 6.07) is 0. The first-order valence-corrected chi connectivity index (χ1v) is 9.53. The van der Waals surface area contributed by atoms with Crippen molar-refractivity contribution in [2.45, 2.75) is 62.4 Å². The fraction of sp³-hybridized carbons (Fsp3) is 0.600. The van der Waals surface area contributed by atoms with Gasteiger partial charge in [0.15, 0.2) is 5.16 Å². The molecule has 3 heterocycles. The maximum Gasteiger partial charge on any atom is 0.187 e. The molecule has 0 aromatic carbocycles. The van der Waals surface area contributed by atoms with Crippen LogP contribution in [0.25, 0.3) is 10.2 Å². The first-order chi connectivity index (χ1) is 10.1. The molecule has 3 nitrogen and oxygen atoms in total. The second kappa shape index (κ2) is 5.99. The molecule has 0 amide bonds. The highest BCUT2D eigenvalue weighted by atomic mass is 32.2. The van der Waals surface area contributed by atoms with Crippen molar-refractivity contribution in [1.82, 2.24) is 9.97 Å². The van der Waals surface area contributed by atoms with E-state index in [4.69, 9.17) is 22.3 Å². The molecule has 0 N–H and O–H groups in total. The monoisotopic (exact) mass is 339 g/mol. The average molecular weight is 340 g/mol. The summed E-state index contributed by atoms with van der Waals surface area (Å²) >= 11 is 8.95. The lowest BCUT2D eigenvalue weighted by atomic mass is 9.90. The highest BCUT2D eigenvalue weighted by Gasteiger charge is 2.32. The molecule has 3 rings (SSSR count). The smallest absolute Gasteiger partial charge is 0.187 e. The van der Waals surface area contributed by atoms with E-state index in [2.05, 4.69) is 25.8 Å². The number of thioether (sulfide) groups is 1. The Bertz CT molecular complexity index is 670. The molecule has 0 saturated heterocycles. The first-order valence-electron chi connectivity index (χ1n) is 7.32. The van der Waals surface area contributed by atoms with Crippen LogP contribution in [-0.2, 0) is 30.4 Å². The van der Waals surface area contributed by atoms with E-state index in [0.29, 0.717) is 11.6 Å². The normalized spacial score (nSPS) is 21.7. The molecule has 114 valence electrons. The summed E-state index contributed by atoms with van der Waals surface area (Å²) in [7, 11) is 0. The first kappa shape index (κ1) is 15.5. The van der Waals surface area contributed by atoms with Gasteiger partial charge in [0.1, 0.15) is 4.83 Å². The van der Waals surface area contributed by atoms with Crippen LogP contribution >= 0.6 is 23.1 Å². The van der Waals surface area contributed by atoms with Gasteiger partial charge in [0.05, 0.1) is 12.2 Å². The van der Waals surface area contributed by atoms with Gasteiger partial charge in [-0.25, -0.2) is 4.98 Å². The van der Waals surface area contributed by atoms with Crippen LogP contribution in [-0.4, -0.2) is 21.3 Å². The molecule has 0 fully saturated rings. The number of hydrogen-bond donors (Lipinski definition) is 0. The average Bonchev–Trinajstić information content (AvgIpc) is 2.83. The summed E-state index contributed by atoms with van der Waals surface area (Å²) in [5, 5.41) is 2.61. The third kappa shape index (κ3) is 2.91. The molecule has 2 aromatic heterocycles. The Morgan fingerprint density at radius 2 is 2.19 bits per heavy atom. The largest absolute Gasteiger partial charge is 0.759 e. The molecule has 0 unspecified atom stereocenters. The molecule has 1 aliphatic rings. The molecule has 0 bridgehead atoms. The second-order valence-electron chi connectivity index (χ2n) is 5.61. The van der Waals surface area contributed by atoms with Gasteiger partial charge in [-0.1, -0.05) is 30.6 Å². The third-order valence-corrected chi connectivity index (χ3v) is 6.41. The van der Waals surface area contributed by atoms with Crippen molar-refractivity contribution < 1.29 is 4.74 Å². The quantitative estimate of drug-likeness (QED) is 0.358. The Morgan fingerprint density at radius 1 is 1.38 bits per heavy atom. The van der Waals surface area contributed by atoms with Gasteiger partial charge < -0.3 is 17.4 Å². The molecule has 0 aliphatic carbocycles. The summed E-state index contributed by atoms with van der Waals surface area (Å²) in [4.78, 5) is 11.5. The number of fused-ring (bicyclic) bond motifs is 3. The standard InChI is InChI=1S/C15H20N2OS3/c1-4-6-20-14-16-12(19)11-9-7-15(3,5-2)18-8-10(9)21-13(11)17-14/h4-8H2,1-3H3,(H,16,17,19)/p-1/t15-/m1/s1. The molecule has 2 aromatic rings. The van der Waals surface area contributed by atoms with Crippen molar-refractivity contribution in [1.29, 1.82) is 0 Å². The van der Waals surface area contributed by atoms with Gasteiger partial charge >= 0.3 is 0 Å². The van der Waals surface area contributed by atoms with Crippen molar-refractivity contribution in [2.75, 3.05) is 5.75 Å². The molecule has 1 atom stereocenters. The molecular weight excluding hydrogens is 320 g/mol. The van der Waals surface area contributed by atoms with Crippen LogP contribution in [0.1, 0.15) is 44.1 Å². The SMILES string of the molecule is CCCSc1nc([S-])c2c3c(sc2n1)CO[C@](C)(CC)C3. The summed E-state index contributed by atoms with van der Waals surface area (Å²) < 4.78 is 6.03. The number of hydrogen-bond acceptors (Lipinski definition) is 6. The zero-order valence-corrected chi connectivity index (χ0v) is 15.0. The van der Waals surface area contributed by atoms with Crippen LogP contribution in [0.2, 0.25) is 0 Å². The van der Waals surface area contributed by atoms with Crippen molar-refractivity contribution >= 4 is 45.9 Å². The molecule has 1 aliphatic heterocycles. The fourth-order valence-corrected chi connectivity index (χ4v) is 4.79. The van der Waals surface area contributed by atoms with Gasteiger partial charge in [-0.15, -0.1) is 11.3 Å². The topological polar surface area (TPSA) is 35.0 Å². The van der Waals surface area contributed by atoms with E-state index >= 15 is 0 Å². The number of rotatable bonds is 4. The predicted octanol–water partition coefficient (Wildman–Crippen LogP) is 4.34. The molecule has 6 heteroatoms. The highest BCUT2D eigenvalue weighted by molar-refractivity contribution is 7.99. The number of ether oxygens (including phenoxy) is 1. The van der Waals surface area contributed by atoms with E-state index in [1.165, 1.54) is 10.4 Å². The Balaban J connectivity index is 2.05. The van der Waals surface area contributed by atoms with Crippen LogP contribution in [0.4, 0.5) is 0 Å². The maximum absolute atomic E-state index is 6.03. The maximum atomic E-state index is 6.03. The lowest BCUT2D eigenvalue weighted by Gasteiger charge is -2.33. The second-order valence-corrected chi connectivity index (χ2v) is 8.15. The summed E-state index contributed by atoms with van der Waals surface area (Å²) in [5.74, 6) is 1.03. The van der Waals surface area contributed by atoms with Crippen LogP contribution in [0.5, 0.6) is 0 Å². The van der Waals surface area contributed by atoms with E-state index in [1.54, 1.807) is 23.1 Å². The van der Waals surface area contributed by atoms with Crippen LogP contribution in [0, 0.1) is 0 Å². The van der Waals surface area contributed by atoms with Crippen LogP contribution in [0.15, 0.2) is 10.2 Å². The minimum atomic E-state index is -0.0849. The zero-order chi connectivity index (χ0) is 15.0. The fourth-order valence-electron chi connectivity index (χ4n) is 2.51. The Hall–Kier alpha value is -0.430. The molecule has 0 radical (unpaired) electrons. The van der Waals surface area contributed by atoms with Crippen molar-refractivity contribution in [3.63, 3.8) is 0 Å². The molecular formula is C15H19N2OS3-. The van der Waals surface area contributed by atoms with E-state index in [0.717, 1.165) is 40.4 Å². The number of aromatic nitrogens is 2. The Morgan fingerprint density at radius 3 is 2.90 bits per heavy atom. The molecule has 21 heavy (non-hydrogen) atoms. The Kier molecular flexibility index (Phi) is 4.41. The van der Waals surface area contributed by atoms with Crippen molar-refractivity contribution in [3.8, 4) is 0 Å². The molecule has 0 saturated carbocycles.